The van der Waals surface area contributed by atoms with E-state index in [0.717, 1.165) is 11.3 Å². The zero-order valence-electron chi connectivity index (χ0n) is 11.7. The summed E-state index contributed by atoms with van der Waals surface area (Å²) < 4.78 is 7.18. The molecule has 1 aromatic carbocycles. The molecule has 5 nitrogen and oxygen atoms in total. The van der Waals surface area contributed by atoms with E-state index < -0.39 is 0 Å². The summed E-state index contributed by atoms with van der Waals surface area (Å²) in [5.41, 5.74) is 7.12. The van der Waals surface area contributed by atoms with Crippen LogP contribution in [0.15, 0.2) is 47.4 Å². The Balaban J connectivity index is 1.80. The summed E-state index contributed by atoms with van der Waals surface area (Å²) >= 11 is 0. The van der Waals surface area contributed by atoms with Crippen LogP contribution in [0.3, 0.4) is 0 Å². The number of nitrogen functional groups attached to an aromatic ring is 1. The van der Waals surface area contributed by atoms with Gasteiger partial charge < -0.3 is 15.0 Å². The number of anilines is 1. The van der Waals surface area contributed by atoms with Crippen molar-refractivity contribution in [2.24, 2.45) is 0 Å². The topological polar surface area (TPSA) is 81.0 Å². The molecule has 0 aliphatic rings. The molecule has 2 aromatic rings. The fourth-order valence-corrected chi connectivity index (χ4v) is 1.94. The number of aromatic nitrogens is 1. The Kier molecular flexibility index (Phi) is 4.99. The van der Waals surface area contributed by atoms with E-state index in [1.54, 1.807) is 16.8 Å². The molecule has 5 heteroatoms. The average molecular weight is 283 g/mol. The maximum atomic E-state index is 11.6. The van der Waals surface area contributed by atoms with Gasteiger partial charge in [-0.2, -0.15) is 5.26 Å². The molecule has 2 rings (SSSR count). The maximum Gasteiger partial charge on any atom is 0.250 e. The summed E-state index contributed by atoms with van der Waals surface area (Å²) in [6.07, 6.45) is 2.75. The van der Waals surface area contributed by atoms with E-state index in [1.807, 2.05) is 24.3 Å². The first kappa shape index (κ1) is 14.7. The molecule has 0 aliphatic carbocycles. The minimum Gasteiger partial charge on any atom is -0.494 e. The van der Waals surface area contributed by atoms with Gasteiger partial charge in [-0.1, -0.05) is 12.1 Å². The molecule has 0 atom stereocenters. The van der Waals surface area contributed by atoms with E-state index in [1.165, 1.54) is 6.07 Å². The lowest BCUT2D eigenvalue weighted by Gasteiger charge is -2.08. The van der Waals surface area contributed by atoms with Crippen molar-refractivity contribution in [1.29, 1.82) is 5.26 Å². The van der Waals surface area contributed by atoms with Crippen LogP contribution in [0.4, 0.5) is 5.69 Å². The fraction of sp³-hybridized carbons (Fsp3) is 0.250. The van der Waals surface area contributed by atoms with Gasteiger partial charge in [0.1, 0.15) is 5.75 Å². The number of hydrogen-bond donors (Lipinski definition) is 1. The molecular weight excluding hydrogens is 266 g/mol. The van der Waals surface area contributed by atoms with Crippen LogP contribution in [0.25, 0.3) is 0 Å². The molecule has 0 fully saturated rings. The predicted molar refractivity (Wildman–Crippen MR) is 81.0 cm³/mol. The first-order valence-corrected chi connectivity index (χ1v) is 6.74. The van der Waals surface area contributed by atoms with Crippen LogP contribution < -0.4 is 16.0 Å². The van der Waals surface area contributed by atoms with Crippen LogP contribution in [0, 0.1) is 11.3 Å². The highest BCUT2D eigenvalue weighted by Gasteiger charge is 1.98. The maximum absolute atomic E-state index is 11.6. The minimum absolute atomic E-state index is 0.0648. The average Bonchev–Trinajstić information content (AvgIpc) is 2.49. The zero-order chi connectivity index (χ0) is 15.1. The lowest BCUT2D eigenvalue weighted by molar-refractivity contribution is 0.301. The highest BCUT2D eigenvalue weighted by Crippen LogP contribution is 2.12. The molecule has 0 saturated carbocycles. The van der Waals surface area contributed by atoms with Gasteiger partial charge in [0.15, 0.2) is 0 Å². The van der Waals surface area contributed by atoms with E-state index in [4.69, 9.17) is 15.7 Å². The van der Waals surface area contributed by atoms with Crippen molar-refractivity contribution < 1.29 is 4.74 Å². The largest absolute Gasteiger partial charge is 0.494 e. The summed E-state index contributed by atoms with van der Waals surface area (Å²) in [5, 5.41) is 8.59. The number of nitrogens with two attached hydrogens (primary N) is 1. The molecule has 1 aromatic heterocycles. The molecule has 0 aliphatic heterocycles. The molecule has 0 unspecified atom stereocenters. The molecule has 0 saturated heterocycles. The monoisotopic (exact) mass is 283 g/mol. The summed E-state index contributed by atoms with van der Waals surface area (Å²) in [6, 6.07) is 12.6. The zero-order valence-corrected chi connectivity index (χ0v) is 11.7. The lowest BCUT2D eigenvalue weighted by atomic mass is 10.2. The third-order valence-corrected chi connectivity index (χ3v) is 3.02. The van der Waals surface area contributed by atoms with E-state index in [0.29, 0.717) is 31.7 Å². The van der Waals surface area contributed by atoms with Crippen molar-refractivity contribution in [3.05, 3.63) is 58.5 Å². The fourth-order valence-electron chi connectivity index (χ4n) is 1.94. The number of benzene rings is 1. The standard InChI is InChI=1S/C16H17N3O2/c17-9-8-13-2-5-15(6-3-13)21-11-1-10-19-12-14(18)4-7-16(19)20/h2-7,12H,1,8,10-11,18H2. The van der Waals surface area contributed by atoms with Gasteiger partial charge in [-0.05, 0) is 30.2 Å². The van der Waals surface area contributed by atoms with Crippen molar-refractivity contribution in [2.75, 3.05) is 12.3 Å². The van der Waals surface area contributed by atoms with Crippen LogP contribution in [0.2, 0.25) is 0 Å². The van der Waals surface area contributed by atoms with Crippen LogP contribution in [-0.2, 0) is 13.0 Å². The molecule has 21 heavy (non-hydrogen) atoms. The van der Waals surface area contributed by atoms with Crippen LogP contribution in [-0.4, -0.2) is 11.2 Å². The van der Waals surface area contributed by atoms with Crippen LogP contribution >= 0.6 is 0 Å². The van der Waals surface area contributed by atoms with Crippen molar-refractivity contribution in [3.63, 3.8) is 0 Å². The number of nitriles is 1. The Labute approximate surface area is 123 Å². The second-order valence-electron chi connectivity index (χ2n) is 4.67. The molecule has 2 N–H and O–H groups in total. The van der Waals surface area contributed by atoms with Crippen molar-refractivity contribution in [2.45, 2.75) is 19.4 Å². The smallest absolute Gasteiger partial charge is 0.250 e. The molecule has 0 spiro atoms. The minimum atomic E-state index is -0.0648. The number of nitrogens with zero attached hydrogens (tertiary/aromatic N) is 2. The Hall–Kier alpha value is -2.74. The van der Waals surface area contributed by atoms with E-state index in [-0.39, 0.29) is 5.56 Å². The highest BCUT2D eigenvalue weighted by atomic mass is 16.5. The van der Waals surface area contributed by atoms with Crippen molar-refractivity contribution in [3.8, 4) is 11.8 Å². The quantitative estimate of drug-likeness (QED) is 0.822. The SMILES string of the molecule is N#CCc1ccc(OCCCn2cc(N)ccc2=O)cc1. The number of hydrogen-bond acceptors (Lipinski definition) is 4. The molecular formula is C16H17N3O2. The first-order chi connectivity index (χ1) is 10.2. The molecule has 0 radical (unpaired) electrons. The Bertz CT molecular complexity index is 684. The van der Waals surface area contributed by atoms with E-state index in [9.17, 15) is 4.79 Å². The number of rotatable bonds is 6. The van der Waals surface area contributed by atoms with Gasteiger partial charge in [-0.3, -0.25) is 4.79 Å². The Morgan fingerprint density at radius 1 is 1.19 bits per heavy atom. The highest BCUT2D eigenvalue weighted by molar-refractivity contribution is 5.33. The number of pyridine rings is 1. The molecule has 0 amide bonds. The second kappa shape index (κ2) is 7.15. The van der Waals surface area contributed by atoms with Gasteiger partial charge in [-0.25, -0.2) is 0 Å². The second-order valence-corrected chi connectivity index (χ2v) is 4.67. The van der Waals surface area contributed by atoms with Gasteiger partial charge in [-0.15, -0.1) is 0 Å². The summed E-state index contributed by atoms with van der Waals surface area (Å²) in [4.78, 5) is 11.6. The third kappa shape index (κ3) is 4.39. The number of aryl methyl sites for hydroxylation is 1. The Morgan fingerprint density at radius 3 is 2.67 bits per heavy atom. The molecule has 0 bridgehead atoms. The van der Waals surface area contributed by atoms with Crippen LogP contribution in [0.1, 0.15) is 12.0 Å². The number of ether oxygens (including phenoxy) is 1. The summed E-state index contributed by atoms with van der Waals surface area (Å²) in [6.45, 7) is 1.08. The van der Waals surface area contributed by atoms with Crippen LogP contribution in [0.5, 0.6) is 5.75 Å². The molecule has 1 heterocycles. The van der Waals surface area contributed by atoms with Gasteiger partial charge in [0.2, 0.25) is 0 Å². The summed E-state index contributed by atoms with van der Waals surface area (Å²) in [5.74, 6) is 0.761. The van der Waals surface area contributed by atoms with Crippen molar-refractivity contribution in [1.82, 2.24) is 4.57 Å². The predicted octanol–water partition coefficient (Wildman–Crippen LogP) is 1.97. The van der Waals surface area contributed by atoms with E-state index in [2.05, 4.69) is 6.07 Å². The Morgan fingerprint density at radius 2 is 1.95 bits per heavy atom. The lowest BCUT2D eigenvalue weighted by Crippen LogP contribution is -2.20. The van der Waals surface area contributed by atoms with Gasteiger partial charge in [0.25, 0.3) is 5.56 Å². The molecule has 108 valence electrons. The third-order valence-electron chi connectivity index (χ3n) is 3.02. The van der Waals surface area contributed by atoms with Gasteiger partial charge in [0, 0.05) is 24.5 Å². The summed E-state index contributed by atoms with van der Waals surface area (Å²) in [7, 11) is 0. The van der Waals surface area contributed by atoms with Gasteiger partial charge >= 0.3 is 0 Å². The normalized spacial score (nSPS) is 10.0. The van der Waals surface area contributed by atoms with E-state index >= 15 is 0 Å². The first-order valence-electron chi connectivity index (χ1n) is 6.74. The van der Waals surface area contributed by atoms with Gasteiger partial charge in [0.05, 0.1) is 19.1 Å². The van der Waals surface area contributed by atoms with Crippen molar-refractivity contribution >= 4 is 5.69 Å².